The molecule has 1 rings (SSSR count). The van der Waals surface area contributed by atoms with Crippen LogP contribution < -0.4 is 10.6 Å². The summed E-state index contributed by atoms with van der Waals surface area (Å²) < 4.78 is 0.198. The molecule has 0 aliphatic carbocycles. The number of anilines is 1. The van der Waals surface area contributed by atoms with Crippen molar-refractivity contribution in [1.29, 1.82) is 0 Å². The molecule has 2 N–H and O–H groups in total. The van der Waals surface area contributed by atoms with Crippen molar-refractivity contribution < 1.29 is 4.79 Å². The number of hydrogen-bond acceptors (Lipinski definition) is 2. The Balaban J connectivity index is 2.50. The average Bonchev–Trinajstić information content (AvgIpc) is 2.27. The summed E-state index contributed by atoms with van der Waals surface area (Å²) in [7, 11) is 0. The Morgan fingerprint density at radius 1 is 1.21 bits per heavy atom. The molecular weight excluding hydrogens is 256 g/mol. The summed E-state index contributed by atoms with van der Waals surface area (Å²) in [5.41, 5.74) is 0.819. The molecule has 0 spiro atoms. The zero-order valence-corrected chi connectivity index (χ0v) is 13.2. The van der Waals surface area contributed by atoms with Gasteiger partial charge in [0.1, 0.15) is 0 Å². The van der Waals surface area contributed by atoms with Gasteiger partial charge < -0.3 is 10.6 Å². The molecule has 0 heterocycles. The molecule has 0 radical (unpaired) electrons. The van der Waals surface area contributed by atoms with Crippen molar-refractivity contribution in [3.63, 3.8) is 0 Å². The zero-order chi connectivity index (χ0) is 14.5. The smallest absolute Gasteiger partial charge is 0.319 e. The van der Waals surface area contributed by atoms with Gasteiger partial charge in [-0.1, -0.05) is 34.6 Å². The molecule has 0 aromatic heterocycles. The fourth-order valence-electron chi connectivity index (χ4n) is 1.43. The van der Waals surface area contributed by atoms with Crippen molar-refractivity contribution in [1.82, 2.24) is 5.32 Å². The van der Waals surface area contributed by atoms with Crippen LogP contribution in [0, 0.1) is 5.92 Å². The fraction of sp³-hybridized carbons (Fsp3) is 0.533. The lowest BCUT2D eigenvalue weighted by atomic mass is 10.2. The summed E-state index contributed by atoms with van der Waals surface area (Å²) in [4.78, 5) is 12.8. The lowest BCUT2D eigenvalue weighted by molar-refractivity contribution is 0.251. The Kier molecular flexibility index (Phi) is 5.73. The van der Waals surface area contributed by atoms with Gasteiger partial charge >= 0.3 is 6.03 Å². The maximum atomic E-state index is 11.6. The Hall–Kier alpha value is -1.16. The molecule has 4 heteroatoms. The second-order valence-corrected chi connectivity index (χ2v) is 7.87. The first kappa shape index (κ1) is 15.9. The first-order chi connectivity index (χ1) is 8.76. The molecule has 3 nitrogen and oxygen atoms in total. The minimum Gasteiger partial charge on any atom is -0.338 e. The molecule has 0 aliphatic heterocycles. The molecule has 1 aromatic carbocycles. The van der Waals surface area contributed by atoms with Crippen LogP contribution in [-0.2, 0) is 0 Å². The number of rotatable bonds is 4. The number of carbonyl (C=O) groups excluding carboxylic acids is 1. The van der Waals surface area contributed by atoms with E-state index in [0.717, 1.165) is 5.69 Å². The third-order valence-electron chi connectivity index (χ3n) is 2.21. The van der Waals surface area contributed by atoms with Gasteiger partial charge in [-0.2, -0.15) is 0 Å². The maximum Gasteiger partial charge on any atom is 0.319 e. The third kappa shape index (κ3) is 7.11. The minimum absolute atomic E-state index is 0.148. The summed E-state index contributed by atoms with van der Waals surface area (Å²) in [6.45, 7) is 11.4. The molecule has 0 atom stereocenters. The molecule has 19 heavy (non-hydrogen) atoms. The molecule has 0 bridgehead atoms. The van der Waals surface area contributed by atoms with Crippen molar-refractivity contribution in [3.05, 3.63) is 24.3 Å². The molecule has 0 fully saturated rings. The first-order valence-electron chi connectivity index (χ1n) is 6.60. The van der Waals surface area contributed by atoms with Crippen LogP contribution in [0.15, 0.2) is 29.2 Å². The van der Waals surface area contributed by atoms with Gasteiger partial charge in [-0.05, 0) is 30.2 Å². The summed E-state index contributed by atoms with van der Waals surface area (Å²) in [6, 6.07) is 7.79. The van der Waals surface area contributed by atoms with Crippen LogP contribution in [-0.4, -0.2) is 17.3 Å². The first-order valence-corrected chi connectivity index (χ1v) is 7.42. The van der Waals surface area contributed by atoms with Crippen molar-refractivity contribution in [2.24, 2.45) is 5.92 Å². The second kappa shape index (κ2) is 6.85. The highest BCUT2D eigenvalue weighted by molar-refractivity contribution is 8.00. The van der Waals surface area contributed by atoms with Crippen LogP contribution in [0.5, 0.6) is 0 Å². The van der Waals surface area contributed by atoms with E-state index < -0.39 is 0 Å². The number of carbonyl (C=O) groups is 1. The lowest BCUT2D eigenvalue weighted by Gasteiger charge is -2.17. The normalized spacial score (nSPS) is 11.5. The third-order valence-corrected chi connectivity index (χ3v) is 3.33. The van der Waals surface area contributed by atoms with Crippen molar-refractivity contribution in [2.45, 2.75) is 44.3 Å². The molecule has 0 saturated carbocycles. The quantitative estimate of drug-likeness (QED) is 0.805. The number of hydrogen-bond donors (Lipinski definition) is 2. The van der Waals surface area contributed by atoms with Gasteiger partial charge in [0.25, 0.3) is 0 Å². The van der Waals surface area contributed by atoms with Gasteiger partial charge in [-0.3, -0.25) is 0 Å². The van der Waals surface area contributed by atoms with Gasteiger partial charge in [0.2, 0.25) is 0 Å². The van der Waals surface area contributed by atoms with Crippen molar-refractivity contribution in [2.75, 3.05) is 11.9 Å². The van der Waals surface area contributed by atoms with Gasteiger partial charge in [-0.15, -0.1) is 11.8 Å². The van der Waals surface area contributed by atoms with Crippen LogP contribution >= 0.6 is 11.8 Å². The van der Waals surface area contributed by atoms with E-state index >= 15 is 0 Å². The Morgan fingerprint density at radius 2 is 1.79 bits per heavy atom. The Morgan fingerprint density at radius 3 is 2.26 bits per heavy atom. The van der Waals surface area contributed by atoms with Gasteiger partial charge in [0.05, 0.1) is 0 Å². The van der Waals surface area contributed by atoms with Gasteiger partial charge in [-0.25, -0.2) is 4.79 Å². The summed E-state index contributed by atoms with van der Waals surface area (Å²) >= 11 is 1.81. The highest BCUT2D eigenvalue weighted by atomic mass is 32.2. The molecule has 0 aliphatic rings. The Labute approximate surface area is 120 Å². The number of nitrogens with one attached hydrogen (secondary N) is 2. The number of benzene rings is 1. The molecular formula is C15H24N2OS. The Bertz CT molecular complexity index is 407. The summed E-state index contributed by atoms with van der Waals surface area (Å²) in [5, 5.41) is 5.66. The second-order valence-electron chi connectivity index (χ2n) is 5.97. The lowest BCUT2D eigenvalue weighted by Crippen LogP contribution is -2.31. The van der Waals surface area contributed by atoms with Crippen LogP contribution in [0.2, 0.25) is 0 Å². The van der Waals surface area contributed by atoms with Crippen LogP contribution in [0.3, 0.4) is 0 Å². The van der Waals surface area contributed by atoms with Crippen LogP contribution in [0.4, 0.5) is 10.5 Å². The van der Waals surface area contributed by atoms with Crippen LogP contribution in [0.25, 0.3) is 0 Å². The number of thioether (sulfide) groups is 1. The van der Waals surface area contributed by atoms with Crippen LogP contribution in [0.1, 0.15) is 34.6 Å². The fourth-order valence-corrected chi connectivity index (χ4v) is 2.41. The topological polar surface area (TPSA) is 41.1 Å². The van der Waals surface area contributed by atoms with Crippen molar-refractivity contribution in [3.8, 4) is 0 Å². The molecule has 0 unspecified atom stereocenters. The van der Waals surface area contributed by atoms with E-state index in [0.29, 0.717) is 12.5 Å². The highest BCUT2D eigenvalue weighted by Crippen LogP contribution is 2.32. The van der Waals surface area contributed by atoms with E-state index in [4.69, 9.17) is 0 Å². The van der Waals surface area contributed by atoms with E-state index in [9.17, 15) is 4.79 Å². The standard InChI is InChI=1S/C15H24N2OS/c1-11(2)10-16-14(18)17-12-6-8-13(9-7-12)19-15(3,4)5/h6-9,11H,10H2,1-5H3,(H2,16,17,18). The van der Waals surface area contributed by atoms with E-state index in [2.05, 4.69) is 45.3 Å². The molecule has 1 aromatic rings. The van der Waals surface area contributed by atoms with Gasteiger partial charge in [0.15, 0.2) is 0 Å². The average molecular weight is 280 g/mol. The predicted octanol–water partition coefficient (Wildman–Crippen LogP) is 4.35. The monoisotopic (exact) mass is 280 g/mol. The largest absolute Gasteiger partial charge is 0.338 e. The van der Waals surface area contributed by atoms with Crippen molar-refractivity contribution >= 4 is 23.5 Å². The van der Waals surface area contributed by atoms with E-state index in [1.54, 1.807) is 0 Å². The summed E-state index contributed by atoms with van der Waals surface area (Å²) in [5.74, 6) is 0.455. The minimum atomic E-state index is -0.148. The summed E-state index contributed by atoms with van der Waals surface area (Å²) in [6.07, 6.45) is 0. The number of amides is 2. The SMILES string of the molecule is CC(C)CNC(=O)Nc1ccc(SC(C)(C)C)cc1. The predicted molar refractivity (Wildman–Crippen MR) is 83.9 cm³/mol. The molecule has 2 amide bonds. The number of urea groups is 1. The maximum absolute atomic E-state index is 11.6. The highest BCUT2D eigenvalue weighted by Gasteiger charge is 2.11. The zero-order valence-electron chi connectivity index (χ0n) is 12.4. The van der Waals surface area contributed by atoms with E-state index in [1.165, 1.54) is 4.90 Å². The molecule has 106 valence electrons. The van der Waals surface area contributed by atoms with E-state index in [1.807, 2.05) is 36.0 Å². The molecule has 0 saturated heterocycles. The van der Waals surface area contributed by atoms with Gasteiger partial charge in [0, 0.05) is 21.9 Å². The van der Waals surface area contributed by atoms with E-state index in [-0.39, 0.29) is 10.8 Å².